The lowest BCUT2D eigenvalue weighted by molar-refractivity contribution is 0.409. The zero-order chi connectivity index (χ0) is 12.8. The predicted octanol–water partition coefficient (Wildman–Crippen LogP) is 1.44. The summed E-state index contributed by atoms with van der Waals surface area (Å²) in [6.45, 7) is 3.33. The molecule has 2 aliphatic heterocycles. The molecule has 0 saturated carbocycles. The third-order valence-electron chi connectivity index (χ3n) is 4.13. The number of hydrogen-bond acceptors (Lipinski definition) is 3. The molecule has 2 atom stereocenters. The van der Waals surface area contributed by atoms with Crippen molar-refractivity contribution < 1.29 is 8.42 Å². The summed E-state index contributed by atoms with van der Waals surface area (Å²) in [6.07, 6.45) is 6.05. The van der Waals surface area contributed by atoms with Crippen LogP contribution in [0.25, 0.3) is 0 Å². The van der Waals surface area contributed by atoms with Gasteiger partial charge >= 0.3 is 0 Å². The first-order valence-electron chi connectivity index (χ1n) is 6.77. The summed E-state index contributed by atoms with van der Waals surface area (Å²) in [5.41, 5.74) is 1.08. The zero-order valence-corrected chi connectivity index (χ0v) is 11.6. The van der Waals surface area contributed by atoms with Gasteiger partial charge in [0.25, 0.3) is 0 Å². The summed E-state index contributed by atoms with van der Waals surface area (Å²) >= 11 is 0. The standard InChI is InChI=1S/C13H20N2O2S/c1-10-2-4-15-8-12(14-13(15)6-10)7-11-3-5-18(16,17)9-11/h8,10-11H,2-7,9H2,1H3. The average molecular weight is 268 g/mol. The van der Waals surface area contributed by atoms with Crippen molar-refractivity contribution in [2.45, 2.75) is 39.2 Å². The quantitative estimate of drug-likeness (QED) is 0.815. The molecular weight excluding hydrogens is 248 g/mol. The van der Waals surface area contributed by atoms with Crippen LogP contribution in [0.5, 0.6) is 0 Å². The Bertz CT molecular complexity index is 547. The number of aryl methyl sites for hydroxylation is 1. The van der Waals surface area contributed by atoms with Gasteiger partial charge in [0.05, 0.1) is 17.2 Å². The Hall–Kier alpha value is -0.840. The van der Waals surface area contributed by atoms with Gasteiger partial charge in [-0.2, -0.15) is 0 Å². The third kappa shape index (κ3) is 2.46. The van der Waals surface area contributed by atoms with Crippen LogP contribution in [-0.4, -0.2) is 29.5 Å². The van der Waals surface area contributed by atoms with Gasteiger partial charge in [0.15, 0.2) is 9.84 Å². The molecule has 4 nitrogen and oxygen atoms in total. The Kier molecular flexibility index (Phi) is 2.96. The molecule has 18 heavy (non-hydrogen) atoms. The summed E-state index contributed by atoms with van der Waals surface area (Å²) < 4.78 is 25.1. The van der Waals surface area contributed by atoms with Crippen molar-refractivity contribution >= 4 is 9.84 Å². The maximum Gasteiger partial charge on any atom is 0.150 e. The molecule has 2 unspecified atom stereocenters. The minimum absolute atomic E-state index is 0.282. The Morgan fingerprint density at radius 2 is 2.28 bits per heavy atom. The number of sulfone groups is 1. The molecule has 0 bridgehead atoms. The second kappa shape index (κ2) is 4.37. The number of rotatable bonds is 2. The van der Waals surface area contributed by atoms with Crippen LogP contribution in [0.3, 0.4) is 0 Å². The number of hydrogen-bond donors (Lipinski definition) is 0. The molecule has 1 saturated heterocycles. The first-order valence-corrected chi connectivity index (χ1v) is 8.59. The van der Waals surface area contributed by atoms with Crippen molar-refractivity contribution in [2.24, 2.45) is 11.8 Å². The molecule has 0 aliphatic carbocycles. The molecule has 1 fully saturated rings. The second-order valence-corrected chi connectivity index (χ2v) is 8.14. The molecule has 5 heteroatoms. The molecule has 3 rings (SSSR count). The maximum absolute atomic E-state index is 11.4. The molecule has 0 radical (unpaired) electrons. The summed E-state index contributed by atoms with van der Waals surface area (Å²) in [7, 11) is -2.76. The Morgan fingerprint density at radius 3 is 3.00 bits per heavy atom. The summed E-state index contributed by atoms with van der Waals surface area (Å²) in [4.78, 5) is 4.68. The van der Waals surface area contributed by atoms with Crippen LogP contribution in [-0.2, 0) is 29.2 Å². The second-order valence-electron chi connectivity index (χ2n) is 5.91. The predicted molar refractivity (Wildman–Crippen MR) is 70.2 cm³/mol. The van der Waals surface area contributed by atoms with Gasteiger partial charge in [-0.15, -0.1) is 0 Å². The Morgan fingerprint density at radius 1 is 1.44 bits per heavy atom. The van der Waals surface area contributed by atoms with Gasteiger partial charge in [0, 0.05) is 19.2 Å². The van der Waals surface area contributed by atoms with Gasteiger partial charge < -0.3 is 4.57 Å². The fourth-order valence-electron chi connectivity index (χ4n) is 3.07. The van der Waals surface area contributed by atoms with Crippen LogP contribution in [0, 0.1) is 11.8 Å². The molecule has 0 N–H and O–H groups in total. The van der Waals surface area contributed by atoms with Crippen LogP contribution >= 0.6 is 0 Å². The number of nitrogens with zero attached hydrogens (tertiary/aromatic N) is 2. The van der Waals surface area contributed by atoms with Gasteiger partial charge in [0.1, 0.15) is 5.82 Å². The van der Waals surface area contributed by atoms with Crippen molar-refractivity contribution in [3.63, 3.8) is 0 Å². The van der Waals surface area contributed by atoms with E-state index in [1.807, 2.05) is 0 Å². The number of aromatic nitrogens is 2. The minimum atomic E-state index is -2.76. The van der Waals surface area contributed by atoms with E-state index in [-0.39, 0.29) is 5.92 Å². The van der Waals surface area contributed by atoms with Crippen molar-refractivity contribution in [3.8, 4) is 0 Å². The van der Waals surface area contributed by atoms with Crippen molar-refractivity contribution in [2.75, 3.05) is 11.5 Å². The topological polar surface area (TPSA) is 52.0 Å². The molecule has 0 aromatic carbocycles. The lowest BCUT2D eigenvalue weighted by Crippen LogP contribution is -2.16. The lowest BCUT2D eigenvalue weighted by Gasteiger charge is -2.18. The summed E-state index contributed by atoms with van der Waals surface area (Å²) in [5, 5.41) is 0. The van der Waals surface area contributed by atoms with Gasteiger partial charge in [-0.3, -0.25) is 0 Å². The van der Waals surface area contributed by atoms with E-state index in [1.54, 1.807) is 0 Å². The first kappa shape index (κ1) is 12.2. The van der Waals surface area contributed by atoms with E-state index in [4.69, 9.17) is 0 Å². The van der Waals surface area contributed by atoms with Crippen LogP contribution in [0.15, 0.2) is 6.20 Å². The third-order valence-corrected chi connectivity index (χ3v) is 5.96. The molecule has 2 aliphatic rings. The highest BCUT2D eigenvalue weighted by atomic mass is 32.2. The van der Waals surface area contributed by atoms with Crippen LogP contribution in [0.4, 0.5) is 0 Å². The monoisotopic (exact) mass is 268 g/mol. The Balaban J connectivity index is 1.71. The van der Waals surface area contributed by atoms with Gasteiger partial charge in [0.2, 0.25) is 0 Å². The molecule has 100 valence electrons. The van der Waals surface area contributed by atoms with E-state index in [9.17, 15) is 8.42 Å². The summed E-state index contributed by atoms with van der Waals surface area (Å²) in [5.74, 6) is 2.90. The highest BCUT2D eigenvalue weighted by Gasteiger charge is 2.29. The van der Waals surface area contributed by atoms with Gasteiger partial charge in [-0.25, -0.2) is 13.4 Å². The van der Waals surface area contributed by atoms with E-state index < -0.39 is 9.84 Å². The minimum Gasteiger partial charge on any atom is -0.335 e. The number of imidazole rings is 1. The summed E-state index contributed by atoms with van der Waals surface area (Å²) in [6, 6.07) is 0. The van der Waals surface area contributed by atoms with Crippen molar-refractivity contribution in [1.82, 2.24) is 9.55 Å². The molecule has 1 aromatic rings. The van der Waals surface area contributed by atoms with Crippen molar-refractivity contribution in [3.05, 3.63) is 17.7 Å². The van der Waals surface area contributed by atoms with Crippen LogP contribution < -0.4 is 0 Å². The van der Waals surface area contributed by atoms with Crippen LogP contribution in [0.2, 0.25) is 0 Å². The normalized spacial score (nSPS) is 30.3. The van der Waals surface area contributed by atoms with Crippen molar-refractivity contribution in [1.29, 1.82) is 0 Å². The molecule has 1 aromatic heterocycles. The lowest BCUT2D eigenvalue weighted by atomic mass is 10.0. The van der Waals surface area contributed by atoms with E-state index in [1.165, 1.54) is 12.2 Å². The smallest absolute Gasteiger partial charge is 0.150 e. The Labute approximate surface area is 108 Å². The van der Waals surface area contributed by atoms with Crippen LogP contribution in [0.1, 0.15) is 31.3 Å². The zero-order valence-electron chi connectivity index (χ0n) is 10.8. The maximum atomic E-state index is 11.4. The first-order chi connectivity index (χ1) is 8.52. The largest absolute Gasteiger partial charge is 0.335 e. The van der Waals surface area contributed by atoms with E-state index in [0.29, 0.717) is 11.5 Å². The highest BCUT2D eigenvalue weighted by Crippen LogP contribution is 2.24. The molecule has 0 spiro atoms. The van der Waals surface area contributed by atoms with Gasteiger partial charge in [-0.05, 0) is 31.1 Å². The molecule has 0 amide bonds. The highest BCUT2D eigenvalue weighted by molar-refractivity contribution is 7.91. The van der Waals surface area contributed by atoms with E-state index in [0.717, 1.165) is 37.4 Å². The number of fused-ring (bicyclic) bond motifs is 1. The molecular formula is C13H20N2O2S. The van der Waals surface area contributed by atoms with E-state index in [2.05, 4.69) is 22.7 Å². The molecule has 3 heterocycles. The van der Waals surface area contributed by atoms with Gasteiger partial charge in [-0.1, -0.05) is 6.92 Å². The van der Waals surface area contributed by atoms with E-state index >= 15 is 0 Å². The SMILES string of the molecule is CC1CCn2cc(CC3CCS(=O)(=O)C3)nc2C1. The fraction of sp³-hybridized carbons (Fsp3) is 0.769. The average Bonchev–Trinajstić information content (AvgIpc) is 2.81. The fourth-order valence-corrected chi connectivity index (χ4v) is 4.93.